The third kappa shape index (κ3) is 4.72. The van der Waals surface area contributed by atoms with Crippen LogP contribution < -0.4 is 4.90 Å². The molecule has 0 radical (unpaired) electrons. The monoisotopic (exact) mass is 587 g/mol. The van der Waals surface area contributed by atoms with Crippen LogP contribution in [0, 0.1) is 13.8 Å². The Morgan fingerprint density at radius 1 is 1.12 bits per heavy atom. The smallest absolute Gasteiger partial charge is 0.190 e. The van der Waals surface area contributed by atoms with E-state index in [-0.39, 0.29) is 12.8 Å². The first kappa shape index (κ1) is 27.6. The molecule has 2 atom stereocenters. The molecule has 0 bridgehead atoms. The minimum atomic E-state index is -0.991. The summed E-state index contributed by atoms with van der Waals surface area (Å²) in [6, 6.07) is 6.39. The van der Waals surface area contributed by atoms with Gasteiger partial charge in [0.25, 0.3) is 0 Å². The molecule has 2 fully saturated rings. The molecular weight excluding hydrogens is 550 g/mol. The van der Waals surface area contributed by atoms with Crippen LogP contribution in [0.5, 0.6) is 0 Å². The van der Waals surface area contributed by atoms with Crippen molar-refractivity contribution in [2.24, 2.45) is 0 Å². The van der Waals surface area contributed by atoms with Gasteiger partial charge < -0.3 is 19.5 Å². The average Bonchev–Trinajstić information content (AvgIpc) is 3.58. The maximum absolute atomic E-state index is 11.0. The lowest BCUT2D eigenvalue weighted by Crippen LogP contribution is -2.42. The number of ether oxygens (including phenoxy) is 2. The third-order valence-corrected chi connectivity index (χ3v) is 9.16. The van der Waals surface area contributed by atoms with E-state index in [0.29, 0.717) is 24.9 Å². The minimum Gasteiger partial charge on any atom is -0.386 e. The number of benzene rings is 1. The fraction of sp³-hybridized carbons (Fsp3) is 0.484. The second kappa shape index (κ2) is 10.8. The highest BCUT2D eigenvalue weighted by atomic mass is 32.2. The average molecular weight is 588 g/mol. The van der Waals surface area contributed by atoms with Crippen molar-refractivity contribution in [3.63, 3.8) is 0 Å². The summed E-state index contributed by atoms with van der Waals surface area (Å²) < 4.78 is 15.9. The highest BCUT2D eigenvalue weighted by Crippen LogP contribution is 2.40. The van der Waals surface area contributed by atoms with Gasteiger partial charge in [-0.1, -0.05) is 18.7 Å². The fourth-order valence-corrected chi connectivity index (χ4v) is 6.92. The van der Waals surface area contributed by atoms with Gasteiger partial charge in [-0.2, -0.15) is 10.2 Å². The van der Waals surface area contributed by atoms with Crippen molar-refractivity contribution in [1.29, 1.82) is 0 Å². The van der Waals surface area contributed by atoms with Crippen LogP contribution in [-0.2, 0) is 9.47 Å². The van der Waals surface area contributed by atoms with E-state index in [9.17, 15) is 5.11 Å². The highest BCUT2D eigenvalue weighted by Gasteiger charge is 2.31. The van der Waals surface area contributed by atoms with Crippen LogP contribution in [0.2, 0.25) is 0 Å². The van der Waals surface area contributed by atoms with E-state index in [2.05, 4.69) is 42.5 Å². The standard InChI is InChI=1S/C31H37N7O3S/c1-5-42-30-34-22-15-25(27-20(3)19(2)14-24-21(27)16-33-38(24)26-8-6-7-12-41-26)37-23(9-10-32-37)28(22)29(35-30)36-11-13-40-18-31(4,39)17-36/h9-10,14-16,26,39H,5-8,11-13,17-18H2,1-4H3. The number of anilines is 1. The number of thioether (sulfide) groups is 1. The predicted octanol–water partition coefficient (Wildman–Crippen LogP) is 5.31. The summed E-state index contributed by atoms with van der Waals surface area (Å²) in [7, 11) is 0. The lowest BCUT2D eigenvalue weighted by molar-refractivity contribution is -0.0366. The van der Waals surface area contributed by atoms with Gasteiger partial charge in [0, 0.05) is 24.1 Å². The lowest BCUT2D eigenvalue weighted by atomic mass is 9.95. The van der Waals surface area contributed by atoms with E-state index in [1.807, 2.05) is 29.9 Å². The molecule has 7 rings (SSSR count). The van der Waals surface area contributed by atoms with Crippen molar-refractivity contribution < 1.29 is 14.6 Å². The Balaban J connectivity index is 1.48. The van der Waals surface area contributed by atoms with Crippen molar-refractivity contribution in [2.75, 3.05) is 43.6 Å². The number of aliphatic hydroxyl groups is 1. The van der Waals surface area contributed by atoms with Crippen LogP contribution in [-0.4, -0.2) is 78.7 Å². The molecule has 2 unspecified atom stereocenters. The van der Waals surface area contributed by atoms with Gasteiger partial charge in [0.2, 0.25) is 0 Å². The van der Waals surface area contributed by atoms with E-state index >= 15 is 0 Å². The van der Waals surface area contributed by atoms with Crippen LogP contribution in [0.25, 0.3) is 38.6 Å². The summed E-state index contributed by atoms with van der Waals surface area (Å²) in [6.45, 7) is 10.8. The zero-order valence-electron chi connectivity index (χ0n) is 24.6. The molecule has 2 aliphatic rings. The number of rotatable bonds is 5. The summed E-state index contributed by atoms with van der Waals surface area (Å²) in [5.41, 5.74) is 6.27. The number of nitrogens with zero attached hydrogens (tertiary/aromatic N) is 7. The molecule has 5 aromatic rings. The summed E-state index contributed by atoms with van der Waals surface area (Å²) >= 11 is 1.62. The van der Waals surface area contributed by atoms with Crippen molar-refractivity contribution in [3.05, 3.63) is 41.7 Å². The molecule has 2 aliphatic heterocycles. The van der Waals surface area contributed by atoms with Crippen LogP contribution in [0.15, 0.2) is 35.7 Å². The number of pyridine rings is 1. The van der Waals surface area contributed by atoms with Gasteiger partial charge in [-0.05, 0) is 75.1 Å². The normalized spacial score (nSPS) is 21.9. The maximum atomic E-state index is 11.0. The van der Waals surface area contributed by atoms with Gasteiger partial charge in [0.1, 0.15) is 11.4 Å². The number of β-amino-alcohol motifs (C(OH)–C–C–N with tert-alkyl or cyclic N) is 1. The number of hydrogen-bond acceptors (Lipinski definition) is 9. The zero-order chi connectivity index (χ0) is 29.0. The zero-order valence-corrected chi connectivity index (χ0v) is 25.4. The molecular formula is C31H37N7O3S. The van der Waals surface area contributed by atoms with Crippen molar-refractivity contribution in [1.82, 2.24) is 29.4 Å². The summed E-state index contributed by atoms with van der Waals surface area (Å²) in [6.07, 6.45) is 6.95. The number of hydrogen-bond donors (Lipinski definition) is 1. The molecule has 1 N–H and O–H groups in total. The maximum Gasteiger partial charge on any atom is 0.190 e. The van der Waals surface area contributed by atoms with E-state index in [4.69, 9.17) is 29.6 Å². The molecule has 10 nitrogen and oxygen atoms in total. The topological polar surface area (TPSA) is 103 Å². The first-order chi connectivity index (χ1) is 20.3. The molecule has 42 heavy (non-hydrogen) atoms. The molecule has 0 saturated carbocycles. The first-order valence-electron chi connectivity index (χ1n) is 14.8. The Kier molecular flexibility index (Phi) is 7.08. The molecule has 0 spiro atoms. The second-order valence-electron chi connectivity index (χ2n) is 11.7. The quantitative estimate of drug-likeness (QED) is 0.216. The Hall–Kier alpha value is -3.25. The predicted molar refractivity (Wildman–Crippen MR) is 165 cm³/mol. The Morgan fingerprint density at radius 3 is 2.81 bits per heavy atom. The molecule has 1 aromatic carbocycles. The van der Waals surface area contributed by atoms with Gasteiger partial charge in [-0.15, -0.1) is 0 Å². The molecule has 220 valence electrons. The molecule has 2 saturated heterocycles. The van der Waals surface area contributed by atoms with Gasteiger partial charge in [-0.3, -0.25) is 0 Å². The Labute approximate surface area is 249 Å². The van der Waals surface area contributed by atoms with Crippen molar-refractivity contribution in [3.8, 4) is 11.3 Å². The van der Waals surface area contributed by atoms with Crippen LogP contribution in [0.1, 0.15) is 50.5 Å². The first-order valence-corrected chi connectivity index (χ1v) is 15.8. The van der Waals surface area contributed by atoms with Gasteiger partial charge in [-0.25, -0.2) is 19.2 Å². The van der Waals surface area contributed by atoms with Crippen LogP contribution in [0.3, 0.4) is 0 Å². The van der Waals surface area contributed by atoms with Gasteiger partial charge in [0.05, 0.1) is 59.8 Å². The number of aryl methyl sites for hydroxylation is 1. The highest BCUT2D eigenvalue weighted by molar-refractivity contribution is 7.99. The lowest BCUT2D eigenvalue weighted by Gasteiger charge is -2.29. The van der Waals surface area contributed by atoms with Crippen LogP contribution >= 0.6 is 11.8 Å². The van der Waals surface area contributed by atoms with E-state index < -0.39 is 5.60 Å². The summed E-state index contributed by atoms with van der Waals surface area (Å²) in [4.78, 5) is 12.2. The molecule has 0 aliphatic carbocycles. The number of aromatic nitrogens is 6. The number of fused-ring (bicyclic) bond motifs is 4. The molecule has 6 heterocycles. The van der Waals surface area contributed by atoms with E-state index in [1.54, 1.807) is 11.8 Å². The molecule has 11 heteroatoms. The Bertz CT molecular complexity index is 1790. The summed E-state index contributed by atoms with van der Waals surface area (Å²) in [5, 5.41) is 23.4. The van der Waals surface area contributed by atoms with E-state index in [0.717, 1.165) is 76.0 Å². The minimum absolute atomic E-state index is 0.0497. The molecule has 0 amide bonds. The van der Waals surface area contributed by atoms with Gasteiger partial charge in [0.15, 0.2) is 11.4 Å². The second-order valence-corrected chi connectivity index (χ2v) is 12.9. The third-order valence-electron chi connectivity index (χ3n) is 8.43. The fourth-order valence-electron chi connectivity index (χ4n) is 6.35. The largest absolute Gasteiger partial charge is 0.386 e. The van der Waals surface area contributed by atoms with Gasteiger partial charge >= 0.3 is 0 Å². The van der Waals surface area contributed by atoms with Crippen molar-refractivity contribution in [2.45, 2.75) is 63.9 Å². The van der Waals surface area contributed by atoms with Crippen molar-refractivity contribution >= 4 is 44.9 Å². The van der Waals surface area contributed by atoms with Crippen LogP contribution in [0.4, 0.5) is 5.82 Å². The molecule has 4 aromatic heterocycles. The van der Waals surface area contributed by atoms with E-state index in [1.165, 1.54) is 11.1 Å². The summed E-state index contributed by atoms with van der Waals surface area (Å²) in [5.74, 6) is 1.65. The Morgan fingerprint density at radius 2 is 2.00 bits per heavy atom. The SMILES string of the molecule is CCSc1nc(N2CCOCC(C)(O)C2)c2c(cc(-c3c(C)c(C)cc4c3cnn4C3CCCCO3)n3nccc23)n1.